The number of carbonyl (C=O) groups is 1. The van der Waals surface area contributed by atoms with Gasteiger partial charge in [-0.05, 0) is 30.9 Å². The molecule has 3 nitrogen and oxygen atoms in total. The molecule has 1 aliphatic rings. The SMILES string of the molecule is O=Cc1ccc2c(c1)CCC/C2=N\O. The third-order valence-electron chi connectivity index (χ3n) is 2.56. The van der Waals surface area contributed by atoms with Crippen LogP contribution in [0, 0.1) is 0 Å². The molecule has 1 aromatic carbocycles. The van der Waals surface area contributed by atoms with Crippen molar-refractivity contribution in [1.82, 2.24) is 0 Å². The van der Waals surface area contributed by atoms with Gasteiger partial charge in [0, 0.05) is 11.1 Å². The molecule has 0 saturated carbocycles. The minimum atomic E-state index is 0.683. The van der Waals surface area contributed by atoms with Gasteiger partial charge in [0.25, 0.3) is 0 Å². The van der Waals surface area contributed by atoms with E-state index in [0.29, 0.717) is 5.56 Å². The Hall–Kier alpha value is -1.64. The summed E-state index contributed by atoms with van der Waals surface area (Å²) < 4.78 is 0. The van der Waals surface area contributed by atoms with Gasteiger partial charge in [-0.25, -0.2) is 0 Å². The number of aryl methyl sites for hydroxylation is 1. The minimum Gasteiger partial charge on any atom is -0.411 e. The highest BCUT2D eigenvalue weighted by molar-refractivity contribution is 6.02. The number of aldehydes is 1. The Balaban J connectivity index is 2.51. The maximum absolute atomic E-state index is 10.6. The van der Waals surface area contributed by atoms with Gasteiger partial charge in [0.05, 0.1) is 5.71 Å². The summed E-state index contributed by atoms with van der Waals surface area (Å²) in [5.74, 6) is 0. The third kappa shape index (κ3) is 1.41. The highest BCUT2D eigenvalue weighted by atomic mass is 16.4. The van der Waals surface area contributed by atoms with Gasteiger partial charge in [0.1, 0.15) is 6.29 Å². The van der Waals surface area contributed by atoms with Crippen molar-refractivity contribution in [3.05, 3.63) is 34.9 Å². The van der Waals surface area contributed by atoms with Crippen LogP contribution < -0.4 is 0 Å². The third-order valence-corrected chi connectivity index (χ3v) is 2.56. The number of oxime groups is 1. The second kappa shape index (κ2) is 3.62. The van der Waals surface area contributed by atoms with E-state index in [1.54, 1.807) is 6.07 Å². The second-order valence-corrected chi connectivity index (χ2v) is 3.43. The number of nitrogens with zero attached hydrogens (tertiary/aromatic N) is 1. The number of fused-ring (bicyclic) bond motifs is 1. The average molecular weight is 189 g/mol. The van der Waals surface area contributed by atoms with Gasteiger partial charge in [-0.15, -0.1) is 0 Å². The van der Waals surface area contributed by atoms with E-state index in [0.717, 1.165) is 42.4 Å². The van der Waals surface area contributed by atoms with E-state index in [9.17, 15) is 4.79 Å². The molecule has 3 heteroatoms. The van der Waals surface area contributed by atoms with Crippen molar-refractivity contribution >= 4 is 12.0 Å². The summed E-state index contributed by atoms with van der Waals surface area (Å²) in [5.41, 5.74) is 3.49. The Morgan fingerprint density at radius 1 is 1.36 bits per heavy atom. The number of rotatable bonds is 1. The average Bonchev–Trinajstić information content (AvgIpc) is 2.27. The van der Waals surface area contributed by atoms with Gasteiger partial charge >= 0.3 is 0 Å². The Morgan fingerprint density at radius 3 is 2.93 bits per heavy atom. The molecule has 0 saturated heterocycles. The topological polar surface area (TPSA) is 49.7 Å². The Bertz CT molecular complexity index is 396. The van der Waals surface area contributed by atoms with Crippen LogP contribution in [0.2, 0.25) is 0 Å². The zero-order valence-corrected chi connectivity index (χ0v) is 7.73. The molecule has 0 aliphatic heterocycles. The van der Waals surface area contributed by atoms with Crippen LogP contribution in [0.5, 0.6) is 0 Å². The molecule has 0 amide bonds. The van der Waals surface area contributed by atoms with Crippen molar-refractivity contribution in [3.63, 3.8) is 0 Å². The first-order chi connectivity index (χ1) is 6.85. The zero-order chi connectivity index (χ0) is 9.97. The van der Waals surface area contributed by atoms with E-state index in [4.69, 9.17) is 5.21 Å². The largest absolute Gasteiger partial charge is 0.411 e. The predicted molar refractivity (Wildman–Crippen MR) is 53.1 cm³/mol. The molecular formula is C11H11NO2. The first kappa shape index (κ1) is 8.94. The van der Waals surface area contributed by atoms with Crippen molar-refractivity contribution in [2.75, 3.05) is 0 Å². The maximum atomic E-state index is 10.6. The van der Waals surface area contributed by atoms with Crippen molar-refractivity contribution in [3.8, 4) is 0 Å². The standard InChI is InChI=1S/C11H11NO2/c13-7-8-4-5-10-9(6-8)2-1-3-11(10)12-14/h4-7,14H,1-3H2/b12-11+. The first-order valence-electron chi connectivity index (χ1n) is 4.64. The van der Waals surface area contributed by atoms with Crippen LogP contribution in [0.3, 0.4) is 0 Å². The Morgan fingerprint density at radius 2 is 2.21 bits per heavy atom. The van der Waals surface area contributed by atoms with Crippen LogP contribution in [0.15, 0.2) is 23.4 Å². The van der Waals surface area contributed by atoms with Crippen LogP contribution in [-0.4, -0.2) is 17.2 Å². The van der Waals surface area contributed by atoms with Gasteiger partial charge in [-0.2, -0.15) is 0 Å². The number of carbonyl (C=O) groups excluding carboxylic acids is 1. The van der Waals surface area contributed by atoms with E-state index in [-0.39, 0.29) is 0 Å². The van der Waals surface area contributed by atoms with Gasteiger partial charge in [0.15, 0.2) is 0 Å². The van der Waals surface area contributed by atoms with Crippen molar-refractivity contribution < 1.29 is 10.0 Å². The Labute approximate surface area is 82.1 Å². The fourth-order valence-corrected chi connectivity index (χ4v) is 1.86. The molecule has 0 aromatic heterocycles. The molecular weight excluding hydrogens is 178 g/mol. The van der Waals surface area contributed by atoms with Gasteiger partial charge < -0.3 is 5.21 Å². The summed E-state index contributed by atoms with van der Waals surface area (Å²) in [5, 5.41) is 12.1. The van der Waals surface area contributed by atoms with E-state index < -0.39 is 0 Å². The molecule has 0 heterocycles. The number of hydrogen-bond donors (Lipinski definition) is 1. The summed E-state index contributed by atoms with van der Waals surface area (Å²) in [6.45, 7) is 0. The van der Waals surface area contributed by atoms with Crippen molar-refractivity contribution in [2.45, 2.75) is 19.3 Å². The van der Waals surface area contributed by atoms with Crippen LogP contribution >= 0.6 is 0 Å². The van der Waals surface area contributed by atoms with Crippen molar-refractivity contribution in [2.24, 2.45) is 5.16 Å². The number of benzene rings is 1. The lowest BCUT2D eigenvalue weighted by atomic mass is 9.89. The lowest BCUT2D eigenvalue weighted by molar-refractivity contribution is 0.112. The molecule has 0 radical (unpaired) electrons. The second-order valence-electron chi connectivity index (χ2n) is 3.43. The lowest BCUT2D eigenvalue weighted by Gasteiger charge is -2.16. The Kier molecular flexibility index (Phi) is 2.31. The fourth-order valence-electron chi connectivity index (χ4n) is 1.86. The molecule has 1 aromatic rings. The van der Waals surface area contributed by atoms with E-state index >= 15 is 0 Å². The summed E-state index contributed by atoms with van der Waals surface area (Å²) >= 11 is 0. The molecule has 14 heavy (non-hydrogen) atoms. The van der Waals surface area contributed by atoms with Crippen LogP contribution in [0.1, 0.15) is 34.3 Å². The predicted octanol–water partition coefficient (Wildman–Crippen LogP) is 2.01. The molecule has 0 atom stereocenters. The maximum Gasteiger partial charge on any atom is 0.150 e. The smallest absolute Gasteiger partial charge is 0.150 e. The monoisotopic (exact) mass is 189 g/mol. The van der Waals surface area contributed by atoms with E-state index in [1.807, 2.05) is 12.1 Å². The summed E-state index contributed by atoms with van der Waals surface area (Å²) in [4.78, 5) is 10.6. The molecule has 0 spiro atoms. The zero-order valence-electron chi connectivity index (χ0n) is 7.73. The summed E-state index contributed by atoms with van der Waals surface area (Å²) in [6, 6.07) is 5.47. The van der Waals surface area contributed by atoms with E-state index in [1.165, 1.54) is 0 Å². The lowest BCUT2D eigenvalue weighted by Crippen LogP contribution is -2.12. The highest BCUT2D eigenvalue weighted by Gasteiger charge is 2.15. The first-order valence-corrected chi connectivity index (χ1v) is 4.64. The highest BCUT2D eigenvalue weighted by Crippen LogP contribution is 2.22. The molecule has 2 rings (SSSR count). The molecule has 1 N–H and O–H groups in total. The summed E-state index contributed by atoms with van der Waals surface area (Å²) in [7, 11) is 0. The van der Waals surface area contributed by atoms with Crippen LogP contribution in [0.4, 0.5) is 0 Å². The minimum absolute atomic E-state index is 0.683. The summed E-state index contributed by atoms with van der Waals surface area (Å²) in [6.07, 6.45) is 3.58. The molecule has 0 fully saturated rings. The quantitative estimate of drug-likeness (QED) is 0.417. The molecule has 1 aliphatic carbocycles. The van der Waals surface area contributed by atoms with Crippen LogP contribution in [-0.2, 0) is 6.42 Å². The van der Waals surface area contributed by atoms with Gasteiger partial charge in [-0.3, -0.25) is 4.79 Å². The fraction of sp³-hybridized carbons (Fsp3) is 0.273. The van der Waals surface area contributed by atoms with Crippen LogP contribution in [0.25, 0.3) is 0 Å². The number of hydrogen-bond acceptors (Lipinski definition) is 3. The molecule has 0 unspecified atom stereocenters. The van der Waals surface area contributed by atoms with Crippen molar-refractivity contribution in [1.29, 1.82) is 0 Å². The normalized spacial score (nSPS) is 17.9. The van der Waals surface area contributed by atoms with E-state index in [2.05, 4.69) is 5.16 Å². The molecule has 72 valence electrons. The van der Waals surface area contributed by atoms with Gasteiger partial charge in [-0.1, -0.05) is 17.3 Å². The molecule has 0 bridgehead atoms. The van der Waals surface area contributed by atoms with Gasteiger partial charge in [0.2, 0.25) is 0 Å².